The SMILES string of the molecule is N[C@H](c1ccc(SC(F)(F)F)cc1)C(F)(F)C(F)(F)F. The molecule has 0 saturated carbocycles. The van der Waals surface area contributed by atoms with Gasteiger partial charge in [0.05, 0.1) is 0 Å². The van der Waals surface area contributed by atoms with Crippen molar-refractivity contribution in [1.82, 2.24) is 0 Å². The van der Waals surface area contributed by atoms with Crippen molar-refractivity contribution in [3.8, 4) is 0 Å². The summed E-state index contributed by atoms with van der Waals surface area (Å²) < 4.78 is 98.2. The summed E-state index contributed by atoms with van der Waals surface area (Å²) in [6.07, 6.45) is -5.84. The van der Waals surface area contributed by atoms with Crippen molar-refractivity contribution in [2.45, 2.75) is 28.5 Å². The maximum Gasteiger partial charge on any atom is 0.455 e. The highest BCUT2D eigenvalue weighted by Crippen LogP contribution is 2.44. The van der Waals surface area contributed by atoms with Gasteiger partial charge < -0.3 is 5.73 Å². The quantitative estimate of drug-likeness (QED) is 0.654. The molecule has 0 radical (unpaired) electrons. The number of benzene rings is 1. The average Bonchev–Trinajstić information content (AvgIpc) is 2.25. The first-order valence-corrected chi connectivity index (χ1v) is 5.72. The highest BCUT2D eigenvalue weighted by molar-refractivity contribution is 8.00. The zero-order chi connectivity index (χ0) is 15.8. The minimum absolute atomic E-state index is 0.344. The second-order valence-corrected chi connectivity index (χ2v) is 4.85. The van der Waals surface area contributed by atoms with E-state index in [9.17, 15) is 35.1 Å². The Balaban J connectivity index is 2.94. The molecule has 10 heteroatoms. The molecule has 20 heavy (non-hydrogen) atoms. The Hall–Kier alpha value is -1.03. The molecule has 0 fully saturated rings. The van der Waals surface area contributed by atoms with Gasteiger partial charge in [-0.25, -0.2) is 0 Å². The molecule has 2 N–H and O–H groups in total. The summed E-state index contributed by atoms with van der Waals surface area (Å²) in [5, 5.41) is 0. The average molecular weight is 325 g/mol. The smallest absolute Gasteiger partial charge is 0.319 e. The fraction of sp³-hybridized carbons (Fsp3) is 0.400. The standard InChI is InChI=1S/C10H7F8NS/c11-8(12,9(13,14)15)7(19)5-1-3-6(4-2-5)20-10(16,17)18/h1-4,7H,19H2/t7-/m1/s1. The molecule has 0 aliphatic carbocycles. The molecule has 0 heterocycles. The molecule has 0 unspecified atom stereocenters. The Morgan fingerprint density at radius 2 is 1.30 bits per heavy atom. The largest absolute Gasteiger partial charge is 0.455 e. The third kappa shape index (κ3) is 3.98. The van der Waals surface area contributed by atoms with E-state index in [1.807, 2.05) is 0 Å². The molecule has 0 aliphatic rings. The highest BCUT2D eigenvalue weighted by Gasteiger charge is 2.61. The normalized spacial score (nSPS) is 15.2. The number of halogens is 8. The topological polar surface area (TPSA) is 26.0 Å². The van der Waals surface area contributed by atoms with Gasteiger partial charge in [-0.05, 0) is 29.5 Å². The Morgan fingerprint density at radius 3 is 1.65 bits per heavy atom. The summed E-state index contributed by atoms with van der Waals surface area (Å²) in [7, 11) is 0. The summed E-state index contributed by atoms with van der Waals surface area (Å²) in [5.74, 6) is -5.17. The van der Waals surface area contributed by atoms with Gasteiger partial charge in [0.15, 0.2) is 0 Å². The van der Waals surface area contributed by atoms with Crippen molar-refractivity contribution in [1.29, 1.82) is 0 Å². The minimum atomic E-state index is -5.84. The van der Waals surface area contributed by atoms with Crippen LogP contribution in [0.3, 0.4) is 0 Å². The van der Waals surface area contributed by atoms with Gasteiger partial charge in [-0.3, -0.25) is 0 Å². The summed E-state index contributed by atoms with van der Waals surface area (Å²) in [6.45, 7) is 0. The van der Waals surface area contributed by atoms with Crippen LogP contribution in [0.15, 0.2) is 29.2 Å². The van der Waals surface area contributed by atoms with Crippen LogP contribution in [0.1, 0.15) is 11.6 Å². The van der Waals surface area contributed by atoms with Gasteiger partial charge in [-0.15, -0.1) is 0 Å². The van der Waals surface area contributed by atoms with E-state index in [4.69, 9.17) is 5.73 Å². The molecule has 0 aliphatic heterocycles. The molecule has 1 nitrogen and oxygen atoms in total. The third-order valence-corrected chi connectivity index (χ3v) is 2.98. The highest BCUT2D eigenvalue weighted by atomic mass is 32.2. The minimum Gasteiger partial charge on any atom is -0.319 e. The molecule has 0 spiro atoms. The molecular formula is C10H7F8NS. The van der Waals surface area contributed by atoms with E-state index < -0.39 is 41.0 Å². The summed E-state index contributed by atoms with van der Waals surface area (Å²) in [6, 6.07) is 0.281. The Kier molecular flexibility index (Phi) is 4.59. The van der Waals surface area contributed by atoms with E-state index in [1.165, 1.54) is 0 Å². The number of hydrogen-bond donors (Lipinski definition) is 1. The van der Waals surface area contributed by atoms with Crippen LogP contribution in [-0.2, 0) is 0 Å². The molecule has 0 bridgehead atoms. The van der Waals surface area contributed by atoms with Crippen LogP contribution in [0, 0.1) is 0 Å². The summed E-state index contributed by atoms with van der Waals surface area (Å²) in [5.41, 5.74) is -0.359. The first-order valence-electron chi connectivity index (χ1n) is 4.90. The lowest BCUT2D eigenvalue weighted by Gasteiger charge is -2.26. The van der Waals surface area contributed by atoms with Crippen molar-refractivity contribution >= 4 is 11.8 Å². The number of nitrogens with two attached hydrogens (primary N) is 1. The van der Waals surface area contributed by atoms with E-state index in [2.05, 4.69) is 0 Å². The molecule has 1 aromatic carbocycles. The van der Waals surface area contributed by atoms with E-state index in [1.54, 1.807) is 0 Å². The van der Waals surface area contributed by atoms with Gasteiger partial charge in [-0.1, -0.05) is 12.1 Å². The van der Waals surface area contributed by atoms with Crippen LogP contribution < -0.4 is 5.73 Å². The number of thioether (sulfide) groups is 1. The maximum absolute atomic E-state index is 12.9. The van der Waals surface area contributed by atoms with Gasteiger partial charge in [0.25, 0.3) is 0 Å². The van der Waals surface area contributed by atoms with E-state index in [-0.39, 0.29) is 4.90 Å². The summed E-state index contributed by atoms with van der Waals surface area (Å²) >= 11 is -0.516. The first-order chi connectivity index (χ1) is 8.84. The van der Waals surface area contributed by atoms with E-state index in [0.717, 1.165) is 12.1 Å². The Morgan fingerprint density at radius 1 is 0.850 bits per heavy atom. The first kappa shape index (κ1) is 17.0. The molecule has 1 atom stereocenters. The third-order valence-electron chi connectivity index (χ3n) is 2.24. The lowest BCUT2D eigenvalue weighted by Crippen LogP contribution is -2.45. The lowest BCUT2D eigenvalue weighted by atomic mass is 10.0. The summed E-state index contributed by atoms with van der Waals surface area (Å²) in [4.78, 5) is -0.344. The molecule has 0 saturated heterocycles. The van der Waals surface area contributed by atoms with Crippen LogP contribution in [0.4, 0.5) is 35.1 Å². The van der Waals surface area contributed by atoms with E-state index >= 15 is 0 Å². The molecule has 114 valence electrons. The predicted octanol–water partition coefficient (Wildman–Crippen LogP) is 4.50. The van der Waals surface area contributed by atoms with Crippen LogP contribution in [-0.4, -0.2) is 17.6 Å². The predicted molar refractivity (Wildman–Crippen MR) is 56.3 cm³/mol. The molecular weight excluding hydrogens is 318 g/mol. The van der Waals surface area contributed by atoms with Crippen LogP contribution >= 0.6 is 11.8 Å². The van der Waals surface area contributed by atoms with Crippen LogP contribution in [0.2, 0.25) is 0 Å². The maximum atomic E-state index is 12.9. The van der Waals surface area contributed by atoms with Crippen LogP contribution in [0.5, 0.6) is 0 Å². The van der Waals surface area contributed by atoms with Crippen molar-refractivity contribution in [3.63, 3.8) is 0 Å². The molecule has 1 aromatic rings. The van der Waals surface area contributed by atoms with Crippen molar-refractivity contribution in [3.05, 3.63) is 29.8 Å². The van der Waals surface area contributed by atoms with Crippen molar-refractivity contribution in [2.24, 2.45) is 5.73 Å². The Labute approximate surface area is 112 Å². The van der Waals surface area contributed by atoms with Gasteiger partial charge in [0, 0.05) is 4.90 Å². The number of rotatable bonds is 3. The van der Waals surface area contributed by atoms with Crippen molar-refractivity contribution < 1.29 is 35.1 Å². The van der Waals surface area contributed by atoms with Crippen LogP contribution in [0.25, 0.3) is 0 Å². The van der Waals surface area contributed by atoms with Crippen molar-refractivity contribution in [2.75, 3.05) is 0 Å². The second-order valence-electron chi connectivity index (χ2n) is 3.72. The zero-order valence-corrected chi connectivity index (χ0v) is 10.2. The molecule has 0 amide bonds. The number of alkyl halides is 8. The van der Waals surface area contributed by atoms with Gasteiger partial charge in [0.2, 0.25) is 0 Å². The van der Waals surface area contributed by atoms with Gasteiger partial charge >= 0.3 is 17.6 Å². The fourth-order valence-corrected chi connectivity index (χ4v) is 1.80. The fourth-order valence-electron chi connectivity index (χ4n) is 1.26. The molecule has 0 aromatic heterocycles. The zero-order valence-electron chi connectivity index (χ0n) is 9.40. The van der Waals surface area contributed by atoms with Gasteiger partial charge in [0.1, 0.15) is 6.04 Å². The second kappa shape index (κ2) is 5.40. The Bertz CT molecular complexity index is 450. The van der Waals surface area contributed by atoms with Gasteiger partial charge in [-0.2, -0.15) is 35.1 Å². The molecule has 1 rings (SSSR count). The lowest BCUT2D eigenvalue weighted by molar-refractivity contribution is -0.291. The monoisotopic (exact) mass is 325 g/mol. The number of hydrogen-bond acceptors (Lipinski definition) is 2. The van der Waals surface area contributed by atoms with E-state index in [0.29, 0.717) is 12.1 Å².